The zero-order valence-electron chi connectivity index (χ0n) is 21.0. The third kappa shape index (κ3) is 6.32. The number of hydrogen-bond donors (Lipinski definition) is 1. The summed E-state index contributed by atoms with van der Waals surface area (Å²) < 4.78 is 50.1. The average molecular weight is 547 g/mol. The second-order valence-electron chi connectivity index (χ2n) is 9.75. The summed E-state index contributed by atoms with van der Waals surface area (Å²) >= 11 is 1.63. The van der Waals surface area contributed by atoms with Crippen molar-refractivity contribution in [1.82, 2.24) is 20.3 Å². The molecular formula is C27H29F3N4O3S. The van der Waals surface area contributed by atoms with Crippen LogP contribution in [0.1, 0.15) is 84.0 Å². The van der Waals surface area contributed by atoms with E-state index >= 15 is 0 Å². The van der Waals surface area contributed by atoms with Gasteiger partial charge >= 0.3 is 6.18 Å². The van der Waals surface area contributed by atoms with E-state index in [1.165, 1.54) is 24.1 Å². The van der Waals surface area contributed by atoms with E-state index < -0.39 is 18.0 Å². The summed E-state index contributed by atoms with van der Waals surface area (Å²) in [6.45, 7) is 2.90. The maximum Gasteiger partial charge on any atom is 0.451 e. The Labute approximate surface area is 222 Å². The number of alkyl halides is 3. The molecule has 0 spiro atoms. The van der Waals surface area contributed by atoms with E-state index in [0.717, 1.165) is 48.8 Å². The maximum absolute atomic E-state index is 13.2. The molecule has 1 unspecified atom stereocenters. The van der Waals surface area contributed by atoms with Gasteiger partial charge in [-0.2, -0.15) is 13.2 Å². The lowest BCUT2D eigenvalue weighted by molar-refractivity contribution is -0.145. The molecule has 7 nitrogen and oxygen atoms in total. The molecule has 202 valence electrons. The Hall–Kier alpha value is -3.05. The van der Waals surface area contributed by atoms with Crippen molar-refractivity contribution in [3.05, 3.63) is 58.6 Å². The first-order chi connectivity index (χ1) is 18.3. The third-order valence-electron chi connectivity index (χ3n) is 6.95. The average Bonchev–Trinajstić information content (AvgIpc) is 3.55. The minimum atomic E-state index is -4.62. The lowest BCUT2D eigenvalue weighted by atomic mass is 9.85. The van der Waals surface area contributed by atoms with Crippen LogP contribution in [-0.2, 0) is 10.9 Å². The van der Waals surface area contributed by atoms with Crippen molar-refractivity contribution in [2.45, 2.75) is 69.7 Å². The van der Waals surface area contributed by atoms with Gasteiger partial charge < -0.3 is 14.8 Å². The summed E-state index contributed by atoms with van der Waals surface area (Å²) in [5.74, 6) is -0.501. The quantitative estimate of drug-likeness (QED) is 0.338. The van der Waals surface area contributed by atoms with Crippen molar-refractivity contribution in [3.63, 3.8) is 0 Å². The summed E-state index contributed by atoms with van der Waals surface area (Å²) in [5.41, 5.74) is 1.51. The van der Waals surface area contributed by atoms with Crippen LogP contribution < -0.4 is 10.1 Å². The first-order valence-electron chi connectivity index (χ1n) is 12.8. The molecule has 2 aliphatic rings. The molecule has 1 saturated carbocycles. The van der Waals surface area contributed by atoms with E-state index in [-0.39, 0.29) is 12.0 Å². The number of ether oxygens (including phenoxy) is 2. The van der Waals surface area contributed by atoms with Gasteiger partial charge in [0, 0.05) is 53.2 Å². The largest absolute Gasteiger partial charge is 0.493 e. The summed E-state index contributed by atoms with van der Waals surface area (Å²) in [7, 11) is 0. The van der Waals surface area contributed by atoms with Gasteiger partial charge in [0.2, 0.25) is 5.82 Å². The van der Waals surface area contributed by atoms with Crippen molar-refractivity contribution < 1.29 is 27.4 Å². The van der Waals surface area contributed by atoms with Gasteiger partial charge in [-0.05, 0) is 56.7 Å². The number of hydrogen-bond acceptors (Lipinski definition) is 7. The molecule has 3 aromatic rings. The Morgan fingerprint density at radius 3 is 2.58 bits per heavy atom. The molecular weight excluding hydrogens is 517 g/mol. The molecule has 1 N–H and O–H groups in total. The van der Waals surface area contributed by atoms with Crippen molar-refractivity contribution >= 4 is 17.2 Å². The number of nitrogens with one attached hydrogen (secondary N) is 1. The molecule has 1 aliphatic carbocycles. The second-order valence-corrected chi connectivity index (χ2v) is 10.8. The first-order valence-corrected chi connectivity index (χ1v) is 13.6. The van der Waals surface area contributed by atoms with Crippen molar-refractivity contribution in [1.29, 1.82) is 0 Å². The van der Waals surface area contributed by atoms with Crippen molar-refractivity contribution in [2.24, 2.45) is 0 Å². The van der Waals surface area contributed by atoms with Crippen LogP contribution in [0.3, 0.4) is 0 Å². The van der Waals surface area contributed by atoms with Crippen molar-refractivity contribution in [2.75, 3.05) is 13.2 Å². The highest BCUT2D eigenvalue weighted by Crippen LogP contribution is 2.41. The fraction of sp³-hybridized carbons (Fsp3) is 0.481. The molecule has 3 heterocycles. The number of aromatic nitrogens is 3. The Balaban J connectivity index is 1.33. The summed E-state index contributed by atoms with van der Waals surface area (Å²) in [6.07, 6.45) is 6.06. The van der Waals surface area contributed by atoms with Gasteiger partial charge in [0.15, 0.2) is 0 Å². The molecule has 1 amide bonds. The number of amides is 1. The van der Waals surface area contributed by atoms with E-state index in [9.17, 15) is 18.0 Å². The molecule has 0 radical (unpaired) electrons. The molecule has 5 rings (SSSR count). The third-order valence-corrected chi connectivity index (χ3v) is 8.16. The van der Waals surface area contributed by atoms with Gasteiger partial charge in [-0.25, -0.2) is 15.0 Å². The van der Waals surface area contributed by atoms with Gasteiger partial charge in [0.1, 0.15) is 10.8 Å². The molecule has 1 aliphatic heterocycles. The first kappa shape index (κ1) is 26.6. The minimum absolute atomic E-state index is 0.191. The van der Waals surface area contributed by atoms with Crippen molar-refractivity contribution in [3.8, 4) is 16.3 Å². The highest BCUT2D eigenvalue weighted by Gasteiger charge is 2.34. The van der Waals surface area contributed by atoms with Gasteiger partial charge in [-0.1, -0.05) is 6.42 Å². The monoisotopic (exact) mass is 546 g/mol. The molecule has 11 heteroatoms. The fourth-order valence-corrected chi connectivity index (χ4v) is 5.56. The Morgan fingerprint density at radius 1 is 1.13 bits per heavy atom. The van der Waals surface area contributed by atoms with Gasteiger partial charge in [-0.15, -0.1) is 11.3 Å². The molecule has 38 heavy (non-hydrogen) atoms. The number of halogens is 3. The lowest BCUT2D eigenvalue weighted by Crippen LogP contribution is -2.27. The molecule has 2 atom stereocenters. The Bertz CT molecular complexity index is 1260. The van der Waals surface area contributed by atoms with E-state index in [2.05, 4.69) is 20.3 Å². The number of carbonyl (C=O) groups excluding carboxylic acids is 1. The van der Waals surface area contributed by atoms with Crippen LogP contribution in [0.25, 0.3) is 10.6 Å². The van der Waals surface area contributed by atoms with Crippen LogP contribution in [0.15, 0.2) is 36.8 Å². The standard InChI is InChI=1S/C27H29F3N4O3S/c1-16(20-13-32-26(33-14-20)27(28,29)30)34-24(35)18-10-19(25-31-15-23(38-25)17-4-2-5-17)12-22(11-18)37-9-7-21-6-3-8-36-21/h10-17,21H,2-9H2,1H3,(H,34,35)/t16-,21?/m1/s1. The van der Waals surface area contributed by atoms with E-state index in [1.54, 1.807) is 30.4 Å². The van der Waals surface area contributed by atoms with E-state index in [1.807, 2.05) is 12.3 Å². The Morgan fingerprint density at radius 2 is 1.92 bits per heavy atom. The molecule has 1 aromatic carbocycles. The normalized spacial score (nSPS) is 18.7. The highest BCUT2D eigenvalue weighted by atomic mass is 32.1. The van der Waals surface area contributed by atoms with Crippen LogP contribution >= 0.6 is 11.3 Å². The Kier molecular flexibility index (Phi) is 7.94. The fourth-order valence-electron chi connectivity index (χ4n) is 4.49. The van der Waals surface area contributed by atoms with E-state index in [0.29, 0.717) is 29.4 Å². The summed E-state index contributed by atoms with van der Waals surface area (Å²) in [6, 6.07) is 4.72. The molecule has 1 saturated heterocycles. The predicted molar refractivity (Wildman–Crippen MR) is 136 cm³/mol. The number of carbonyl (C=O) groups is 1. The number of thiazole rings is 1. The summed E-state index contributed by atoms with van der Waals surface area (Å²) in [4.78, 5) is 25.9. The molecule has 2 aromatic heterocycles. The topological polar surface area (TPSA) is 86.2 Å². The number of nitrogens with zero attached hydrogens (tertiary/aromatic N) is 3. The van der Waals surface area contributed by atoms with Crippen LogP contribution in [-0.4, -0.2) is 40.2 Å². The van der Waals surface area contributed by atoms with E-state index in [4.69, 9.17) is 9.47 Å². The van der Waals surface area contributed by atoms with Gasteiger partial charge in [-0.3, -0.25) is 4.79 Å². The minimum Gasteiger partial charge on any atom is -0.493 e. The highest BCUT2D eigenvalue weighted by molar-refractivity contribution is 7.15. The zero-order chi connectivity index (χ0) is 26.7. The van der Waals surface area contributed by atoms with Crippen LogP contribution in [0.5, 0.6) is 5.75 Å². The molecule has 0 bridgehead atoms. The smallest absolute Gasteiger partial charge is 0.451 e. The SMILES string of the molecule is C[C@@H](NC(=O)c1cc(OCCC2CCCO2)cc(-c2ncc(C3CCC3)s2)c1)c1cnc(C(F)(F)F)nc1. The maximum atomic E-state index is 13.2. The second kappa shape index (κ2) is 11.4. The summed E-state index contributed by atoms with van der Waals surface area (Å²) in [5, 5.41) is 3.64. The number of rotatable bonds is 9. The lowest BCUT2D eigenvalue weighted by Gasteiger charge is -2.23. The van der Waals surface area contributed by atoms with Crippen LogP contribution in [0.4, 0.5) is 13.2 Å². The number of benzene rings is 1. The van der Waals surface area contributed by atoms with Crippen LogP contribution in [0, 0.1) is 0 Å². The van der Waals surface area contributed by atoms with Gasteiger partial charge in [0.25, 0.3) is 5.91 Å². The van der Waals surface area contributed by atoms with Crippen LogP contribution in [0.2, 0.25) is 0 Å². The predicted octanol–water partition coefficient (Wildman–Crippen LogP) is 6.33. The molecule has 2 fully saturated rings. The van der Waals surface area contributed by atoms with Gasteiger partial charge in [0.05, 0.1) is 18.8 Å². The zero-order valence-corrected chi connectivity index (χ0v) is 21.8.